The molecule has 1 atom stereocenters. The monoisotopic (exact) mass is 289 g/mol. The van der Waals surface area contributed by atoms with Crippen LogP contribution in [0.5, 0.6) is 0 Å². The van der Waals surface area contributed by atoms with Crippen molar-refractivity contribution in [3.63, 3.8) is 0 Å². The van der Waals surface area contributed by atoms with Gasteiger partial charge in [-0.25, -0.2) is 0 Å². The van der Waals surface area contributed by atoms with Crippen molar-refractivity contribution in [2.75, 3.05) is 7.05 Å². The molecule has 0 aromatic carbocycles. The average molecular weight is 290 g/mol. The summed E-state index contributed by atoms with van der Waals surface area (Å²) in [7, 11) is 1.68. The number of halogens is 1. The first kappa shape index (κ1) is 12.7. The molecule has 1 rings (SSSR count). The first-order chi connectivity index (χ1) is 7.04. The molecule has 1 heterocycles. The van der Waals surface area contributed by atoms with Gasteiger partial charge in [0, 0.05) is 24.3 Å². The SMILES string of the molecule is CNC(=O)CC(c1ccc(Br)s1)C(C)C. The molecule has 0 radical (unpaired) electrons. The molecular formula is C11H16BrNOS. The second-order valence-electron chi connectivity index (χ2n) is 3.87. The fourth-order valence-corrected chi connectivity index (χ4v) is 3.19. The van der Waals surface area contributed by atoms with Crippen LogP contribution in [0.2, 0.25) is 0 Å². The van der Waals surface area contributed by atoms with E-state index in [0.29, 0.717) is 18.3 Å². The number of amides is 1. The molecule has 1 aromatic rings. The molecule has 0 bridgehead atoms. The molecule has 0 spiro atoms. The van der Waals surface area contributed by atoms with E-state index in [4.69, 9.17) is 0 Å². The van der Waals surface area contributed by atoms with Gasteiger partial charge in [-0.15, -0.1) is 11.3 Å². The third-order valence-electron chi connectivity index (χ3n) is 2.45. The summed E-state index contributed by atoms with van der Waals surface area (Å²) in [6.45, 7) is 4.31. The van der Waals surface area contributed by atoms with Crippen molar-refractivity contribution in [3.8, 4) is 0 Å². The standard InChI is InChI=1S/C11H16BrNOS/c1-7(2)8(6-11(14)13-3)9-4-5-10(12)15-9/h4-5,7-8H,6H2,1-3H3,(H,13,14). The first-order valence-electron chi connectivity index (χ1n) is 5.00. The minimum absolute atomic E-state index is 0.109. The van der Waals surface area contributed by atoms with Gasteiger partial charge in [0.15, 0.2) is 0 Å². The van der Waals surface area contributed by atoms with Crippen molar-refractivity contribution in [1.82, 2.24) is 5.32 Å². The molecule has 0 saturated heterocycles. The molecule has 1 N–H and O–H groups in total. The molecular weight excluding hydrogens is 274 g/mol. The van der Waals surface area contributed by atoms with Gasteiger partial charge in [0.05, 0.1) is 3.79 Å². The van der Waals surface area contributed by atoms with E-state index in [1.54, 1.807) is 18.4 Å². The fraction of sp³-hybridized carbons (Fsp3) is 0.545. The quantitative estimate of drug-likeness (QED) is 0.905. The summed E-state index contributed by atoms with van der Waals surface area (Å²) in [4.78, 5) is 12.7. The van der Waals surface area contributed by atoms with Crippen molar-refractivity contribution < 1.29 is 4.79 Å². The predicted octanol–water partition coefficient (Wildman–Crippen LogP) is 3.39. The lowest BCUT2D eigenvalue weighted by Gasteiger charge is -2.18. The molecule has 0 aliphatic heterocycles. The maximum atomic E-state index is 11.4. The molecule has 1 unspecified atom stereocenters. The molecule has 1 amide bonds. The van der Waals surface area contributed by atoms with E-state index in [9.17, 15) is 4.79 Å². The summed E-state index contributed by atoms with van der Waals surface area (Å²) in [5, 5.41) is 2.68. The van der Waals surface area contributed by atoms with E-state index < -0.39 is 0 Å². The second kappa shape index (κ2) is 5.66. The largest absolute Gasteiger partial charge is 0.359 e. The average Bonchev–Trinajstić information content (AvgIpc) is 2.60. The summed E-state index contributed by atoms with van der Waals surface area (Å²) >= 11 is 5.16. The molecule has 84 valence electrons. The van der Waals surface area contributed by atoms with Crippen LogP contribution in [0.25, 0.3) is 0 Å². The van der Waals surface area contributed by atoms with Gasteiger partial charge < -0.3 is 5.32 Å². The van der Waals surface area contributed by atoms with E-state index in [-0.39, 0.29) is 5.91 Å². The Labute approximate surface area is 103 Å². The van der Waals surface area contributed by atoms with Gasteiger partial charge in [0.2, 0.25) is 5.91 Å². The third kappa shape index (κ3) is 3.61. The van der Waals surface area contributed by atoms with Crippen LogP contribution < -0.4 is 5.32 Å². The van der Waals surface area contributed by atoms with E-state index >= 15 is 0 Å². The summed E-state index contributed by atoms with van der Waals surface area (Å²) in [5.74, 6) is 0.910. The van der Waals surface area contributed by atoms with Crippen molar-refractivity contribution >= 4 is 33.2 Å². The van der Waals surface area contributed by atoms with Crippen molar-refractivity contribution in [3.05, 3.63) is 20.8 Å². The highest BCUT2D eigenvalue weighted by atomic mass is 79.9. The van der Waals surface area contributed by atoms with Crippen LogP contribution in [-0.4, -0.2) is 13.0 Å². The second-order valence-corrected chi connectivity index (χ2v) is 6.36. The van der Waals surface area contributed by atoms with Gasteiger partial charge in [0.25, 0.3) is 0 Å². The number of thiophene rings is 1. The van der Waals surface area contributed by atoms with Gasteiger partial charge in [-0.3, -0.25) is 4.79 Å². The minimum atomic E-state index is 0.109. The number of carbonyl (C=O) groups is 1. The van der Waals surface area contributed by atoms with E-state index in [0.717, 1.165) is 3.79 Å². The molecule has 0 aliphatic rings. The van der Waals surface area contributed by atoms with Crippen LogP contribution >= 0.6 is 27.3 Å². The molecule has 15 heavy (non-hydrogen) atoms. The molecule has 2 nitrogen and oxygen atoms in total. The van der Waals surface area contributed by atoms with Gasteiger partial charge in [-0.1, -0.05) is 13.8 Å². The van der Waals surface area contributed by atoms with E-state index in [2.05, 4.69) is 41.2 Å². The van der Waals surface area contributed by atoms with Crippen LogP contribution in [0.15, 0.2) is 15.9 Å². The number of rotatable bonds is 4. The Bertz CT molecular complexity index is 335. The lowest BCUT2D eigenvalue weighted by atomic mass is 9.91. The topological polar surface area (TPSA) is 29.1 Å². The Balaban J connectivity index is 2.79. The molecule has 0 fully saturated rings. The fourth-order valence-electron chi connectivity index (χ4n) is 1.49. The van der Waals surface area contributed by atoms with Crippen LogP contribution in [0.3, 0.4) is 0 Å². The van der Waals surface area contributed by atoms with Gasteiger partial charge >= 0.3 is 0 Å². The van der Waals surface area contributed by atoms with Gasteiger partial charge in [0.1, 0.15) is 0 Å². The smallest absolute Gasteiger partial charge is 0.220 e. The maximum absolute atomic E-state index is 11.4. The highest BCUT2D eigenvalue weighted by Gasteiger charge is 2.20. The number of carbonyl (C=O) groups excluding carboxylic acids is 1. The Morgan fingerprint density at radius 1 is 1.53 bits per heavy atom. The van der Waals surface area contributed by atoms with Crippen molar-refractivity contribution in [2.45, 2.75) is 26.2 Å². The molecule has 1 aromatic heterocycles. The Morgan fingerprint density at radius 3 is 2.60 bits per heavy atom. The van der Waals surface area contributed by atoms with E-state index in [1.165, 1.54) is 4.88 Å². The van der Waals surface area contributed by atoms with Gasteiger partial charge in [-0.2, -0.15) is 0 Å². The normalized spacial score (nSPS) is 12.9. The number of nitrogens with one attached hydrogen (secondary N) is 1. The van der Waals surface area contributed by atoms with Crippen LogP contribution in [0.4, 0.5) is 0 Å². The lowest BCUT2D eigenvalue weighted by Crippen LogP contribution is -2.22. The molecule has 4 heteroatoms. The summed E-state index contributed by atoms with van der Waals surface area (Å²) in [5.41, 5.74) is 0. The van der Waals surface area contributed by atoms with Crippen LogP contribution in [-0.2, 0) is 4.79 Å². The van der Waals surface area contributed by atoms with Crippen LogP contribution in [0, 0.1) is 5.92 Å². The summed E-state index contributed by atoms with van der Waals surface area (Å²) < 4.78 is 1.13. The van der Waals surface area contributed by atoms with E-state index in [1.807, 2.05) is 6.07 Å². The van der Waals surface area contributed by atoms with Crippen LogP contribution in [0.1, 0.15) is 31.1 Å². The molecule has 0 saturated carbocycles. The summed E-state index contributed by atoms with van der Waals surface area (Å²) in [6, 6.07) is 4.14. The Morgan fingerprint density at radius 2 is 2.20 bits per heavy atom. The van der Waals surface area contributed by atoms with Crippen molar-refractivity contribution in [2.24, 2.45) is 5.92 Å². The predicted molar refractivity (Wildman–Crippen MR) is 68.3 cm³/mol. The highest BCUT2D eigenvalue weighted by molar-refractivity contribution is 9.11. The first-order valence-corrected chi connectivity index (χ1v) is 6.61. The number of hydrogen-bond donors (Lipinski definition) is 1. The Hall–Kier alpha value is -0.350. The Kier molecular flexibility index (Phi) is 4.80. The molecule has 0 aliphatic carbocycles. The van der Waals surface area contributed by atoms with Gasteiger partial charge in [-0.05, 0) is 34.0 Å². The highest BCUT2D eigenvalue weighted by Crippen LogP contribution is 2.34. The zero-order valence-corrected chi connectivity index (χ0v) is 11.6. The van der Waals surface area contributed by atoms with Crippen molar-refractivity contribution in [1.29, 1.82) is 0 Å². The minimum Gasteiger partial charge on any atom is -0.359 e. The summed E-state index contributed by atoms with van der Waals surface area (Å²) in [6.07, 6.45) is 0.571. The third-order valence-corrected chi connectivity index (χ3v) is 4.20. The maximum Gasteiger partial charge on any atom is 0.220 e. The number of hydrogen-bond acceptors (Lipinski definition) is 2. The lowest BCUT2D eigenvalue weighted by molar-refractivity contribution is -0.121. The zero-order chi connectivity index (χ0) is 11.4. The zero-order valence-electron chi connectivity index (χ0n) is 9.21.